The van der Waals surface area contributed by atoms with Crippen LogP contribution in [0.15, 0.2) is 0 Å². The number of hydrogen-bond donors (Lipinski definition) is 1. The molecule has 0 saturated carbocycles. The van der Waals surface area contributed by atoms with E-state index in [1.54, 1.807) is 0 Å². The normalized spacial score (nSPS) is 13.9. The first-order chi connectivity index (χ1) is 3.81. The van der Waals surface area contributed by atoms with Crippen LogP contribution in [0.25, 0.3) is 0 Å². The number of ether oxygens (including phenoxy) is 1. The fourth-order valence-corrected chi connectivity index (χ4v) is 0.387. The quantitative estimate of drug-likeness (QED) is 0.560. The monoisotopic (exact) mass is 117 g/mol. The lowest BCUT2D eigenvalue weighted by atomic mass is 10.4. The molecule has 0 aromatic carbocycles. The van der Waals surface area contributed by atoms with Crippen LogP contribution in [0.1, 0.15) is 26.7 Å². The summed E-state index contributed by atoms with van der Waals surface area (Å²) in [4.78, 5) is 0. The minimum Gasteiger partial charge on any atom is -0.364 e. The molecule has 0 aromatic rings. The van der Waals surface area contributed by atoms with Gasteiger partial charge in [-0.25, -0.2) is 0 Å². The molecule has 2 N–H and O–H groups in total. The molecule has 50 valence electrons. The number of nitrogens with two attached hydrogens (primary N) is 1. The molecule has 2 nitrogen and oxygen atoms in total. The molecular formula is C6H15NO. The zero-order valence-electron chi connectivity index (χ0n) is 5.68. The topological polar surface area (TPSA) is 35.2 Å². The molecular weight excluding hydrogens is 102 g/mol. The van der Waals surface area contributed by atoms with Crippen molar-refractivity contribution in [1.29, 1.82) is 0 Å². The molecule has 0 aliphatic carbocycles. The van der Waals surface area contributed by atoms with Gasteiger partial charge in [-0.05, 0) is 12.8 Å². The summed E-state index contributed by atoms with van der Waals surface area (Å²) in [6.07, 6.45) is 1.91. The Labute approximate surface area is 51.0 Å². The first kappa shape index (κ1) is 7.92. The van der Waals surface area contributed by atoms with Crippen molar-refractivity contribution < 1.29 is 4.74 Å². The molecule has 2 heteroatoms. The van der Waals surface area contributed by atoms with E-state index in [1.165, 1.54) is 0 Å². The van der Waals surface area contributed by atoms with E-state index in [0.717, 1.165) is 19.4 Å². The van der Waals surface area contributed by atoms with Gasteiger partial charge in [-0.3, -0.25) is 0 Å². The average molecular weight is 117 g/mol. The zero-order valence-corrected chi connectivity index (χ0v) is 5.68. The van der Waals surface area contributed by atoms with Gasteiger partial charge < -0.3 is 10.5 Å². The standard InChI is InChI=1S/C6H15NO/c1-3-5-8-6(7)4-2/h6H,3-5,7H2,1-2H3. The van der Waals surface area contributed by atoms with E-state index >= 15 is 0 Å². The van der Waals surface area contributed by atoms with Gasteiger partial charge >= 0.3 is 0 Å². The second-order valence-corrected chi connectivity index (χ2v) is 1.82. The van der Waals surface area contributed by atoms with Crippen molar-refractivity contribution in [2.45, 2.75) is 32.9 Å². The maximum atomic E-state index is 5.44. The van der Waals surface area contributed by atoms with Crippen LogP contribution in [0.4, 0.5) is 0 Å². The second-order valence-electron chi connectivity index (χ2n) is 1.82. The fourth-order valence-electron chi connectivity index (χ4n) is 0.387. The van der Waals surface area contributed by atoms with E-state index in [4.69, 9.17) is 10.5 Å². The highest BCUT2D eigenvalue weighted by molar-refractivity contribution is 4.40. The Hall–Kier alpha value is -0.0800. The van der Waals surface area contributed by atoms with Crippen LogP contribution < -0.4 is 5.73 Å². The van der Waals surface area contributed by atoms with Gasteiger partial charge in [-0.1, -0.05) is 13.8 Å². The molecule has 0 aliphatic rings. The predicted molar refractivity (Wildman–Crippen MR) is 34.5 cm³/mol. The predicted octanol–water partition coefficient (Wildman–Crippen LogP) is 1.11. The summed E-state index contributed by atoms with van der Waals surface area (Å²) in [6.45, 7) is 4.87. The van der Waals surface area contributed by atoms with Crippen molar-refractivity contribution in [1.82, 2.24) is 0 Å². The first-order valence-corrected chi connectivity index (χ1v) is 3.18. The van der Waals surface area contributed by atoms with Crippen LogP contribution in [0.2, 0.25) is 0 Å². The van der Waals surface area contributed by atoms with Gasteiger partial charge in [0.15, 0.2) is 0 Å². The van der Waals surface area contributed by atoms with Gasteiger partial charge in [-0.2, -0.15) is 0 Å². The van der Waals surface area contributed by atoms with Crippen molar-refractivity contribution in [2.24, 2.45) is 5.73 Å². The van der Waals surface area contributed by atoms with Crippen molar-refractivity contribution in [3.8, 4) is 0 Å². The van der Waals surface area contributed by atoms with Crippen molar-refractivity contribution >= 4 is 0 Å². The average Bonchev–Trinajstić information content (AvgIpc) is 1.83. The molecule has 0 fully saturated rings. The SMILES string of the molecule is CCCOC(N)CC. The van der Waals surface area contributed by atoms with Crippen molar-refractivity contribution in [2.75, 3.05) is 6.61 Å². The molecule has 0 aromatic heterocycles. The molecule has 8 heavy (non-hydrogen) atoms. The van der Waals surface area contributed by atoms with E-state index in [1.807, 2.05) is 6.92 Å². The Morgan fingerprint density at radius 1 is 1.50 bits per heavy atom. The van der Waals surface area contributed by atoms with Crippen LogP contribution in [0, 0.1) is 0 Å². The highest BCUT2D eigenvalue weighted by atomic mass is 16.5. The van der Waals surface area contributed by atoms with Gasteiger partial charge in [0.05, 0.1) is 0 Å². The van der Waals surface area contributed by atoms with Gasteiger partial charge in [0.2, 0.25) is 0 Å². The molecule has 0 spiro atoms. The first-order valence-electron chi connectivity index (χ1n) is 3.18. The Morgan fingerprint density at radius 2 is 2.12 bits per heavy atom. The summed E-state index contributed by atoms with van der Waals surface area (Å²) in [5, 5.41) is 0. The zero-order chi connectivity index (χ0) is 6.41. The maximum absolute atomic E-state index is 5.44. The fraction of sp³-hybridized carbons (Fsp3) is 1.00. The van der Waals surface area contributed by atoms with E-state index < -0.39 is 0 Å². The van der Waals surface area contributed by atoms with Crippen LogP contribution in [-0.2, 0) is 4.74 Å². The van der Waals surface area contributed by atoms with Gasteiger partial charge in [0.25, 0.3) is 0 Å². The van der Waals surface area contributed by atoms with E-state index in [0.29, 0.717) is 0 Å². The summed E-state index contributed by atoms with van der Waals surface area (Å²) >= 11 is 0. The molecule has 0 rings (SSSR count). The third-order valence-electron chi connectivity index (χ3n) is 0.938. The van der Waals surface area contributed by atoms with E-state index in [2.05, 4.69) is 6.92 Å². The van der Waals surface area contributed by atoms with Gasteiger partial charge in [0.1, 0.15) is 6.23 Å². The van der Waals surface area contributed by atoms with Crippen LogP contribution in [-0.4, -0.2) is 12.8 Å². The Kier molecular flexibility index (Phi) is 5.01. The molecule has 0 amide bonds. The smallest absolute Gasteiger partial charge is 0.105 e. The van der Waals surface area contributed by atoms with Crippen LogP contribution >= 0.6 is 0 Å². The molecule has 1 atom stereocenters. The largest absolute Gasteiger partial charge is 0.364 e. The lowest BCUT2D eigenvalue weighted by Gasteiger charge is -2.07. The van der Waals surface area contributed by atoms with Gasteiger partial charge in [0, 0.05) is 6.61 Å². The van der Waals surface area contributed by atoms with Crippen molar-refractivity contribution in [3.05, 3.63) is 0 Å². The minimum absolute atomic E-state index is 0.0463. The van der Waals surface area contributed by atoms with Crippen LogP contribution in [0.5, 0.6) is 0 Å². The van der Waals surface area contributed by atoms with Gasteiger partial charge in [-0.15, -0.1) is 0 Å². The van der Waals surface area contributed by atoms with Crippen LogP contribution in [0.3, 0.4) is 0 Å². The summed E-state index contributed by atoms with van der Waals surface area (Å²) in [6, 6.07) is 0. The summed E-state index contributed by atoms with van der Waals surface area (Å²) in [5.41, 5.74) is 5.44. The van der Waals surface area contributed by atoms with Crippen molar-refractivity contribution in [3.63, 3.8) is 0 Å². The Morgan fingerprint density at radius 3 is 2.50 bits per heavy atom. The minimum atomic E-state index is -0.0463. The highest BCUT2D eigenvalue weighted by Crippen LogP contribution is 1.89. The molecule has 0 radical (unpaired) electrons. The molecule has 0 heterocycles. The number of hydrogen-bond acceptors (Lipinski definition) is 2. The third-order valence-corrected chi connectivity index (χ3v) is 0.938. The number of rotatable bonds is 4. The molecule has 1 unspecified atom stereocenters. The van der Waals surface area contributed by atoms with E-state index in [-0.39, 0.29) is 6.23 Å². The Bertz CT molecular complexity index is 47.8. The molecule has 0 saturated heterocycles. The summed E-state index contributed by atoms with van der Waals surface area (Å²) in [7, 11) is 0. The summed E-state index contributed by atoms with van der Waals surface area (Å²) < 4.78 is 5.12. The summed E-state index contributed by atoms with van der Waals surface area (Å²) in [5.74, 6) is 0. The third kappa shape index (κ3) is 4.09. The molecule has 0 aliphatic heterocycles. The van der Waals surface area contributed by atoms with E-state index in [9.17, 15) is 0 Å². The lowest BCUT2D eigenvalue weighted by Crippen LogP contribution is -2.22. The maximum Gasteiger partial charge on any atom is 0.105 e. The highest BCUT2D eigenvalue weighted by Gasteiger charge is 1.93. The lowest BCUT2D eigenvalue weighted by molar-refractivity contribution is 0.0558. The Balaban J connectivity index is 2.86. The molecule has 0 bridgehead atoms. The second kappa shape index (κ2) is 5.06.